The molecule has 0 aliphatic heterocycles. The molecule has 0 unspecified atom stereocenters. The molecule has 0 saturated heterocycles. The molecule has 24 heavy (non-hydrogen) atoms. The van der Waals surface area contributed by atoms with Gasteiger partial charge in [-0.3, -0.25) is 14.9 Å². The van der Waals surface area contributed by atoms with Crippen molar-refractivity contribution in [2.75, 3.05) is 13.2 Å². The number of esters is 1. The molecular formula is C17H18N2O5. The highest BCUT2D eigenvalue weighted by molar-refractivity contribution is 6.04. The SMILES string of the molecule is CCOc1ccccc1C(=O)OCC(=O)NC(=O)c1cccn1C. The van der Waals surface area contributed by atoms with Crippen LogP contribution in [0.4, 0.5) is 0 Å². The van der Waals surface area contributed by atoms with E-state index in [1.54, 1.807) is 61.1 Å². The first-order valence-corrected chi connectivity index (χ1v) is 7.37. The van der Waals surface area contributed by atoms with Gasteiger partial charge in [0, 0.05) is 13.2 Å². The quantitative estimate of drug-likeness (QED) is 0.812. The third-order valence-electron chi connectivity index (χ3n) is 3.17. The van der Waals surface area contributed by atoms with Gasteiger partial charge in [0.15, 0.2) is 6.61 Å². The fourth-order valence-corrected chi connectivity index (χ4v) is 2.05. The van der Waals surface area contributed by atoms with E-state index in [-0.39, 0.29) is 5.56 Å². The first-order chi connectivity index (χ1) is 11.5. The van der Waals surface area contributed by atoms with Gasteiger partial charge in [0.1, 0.15) is 17.0 Å². The maximum absolute atomic E-state index is 12.0. The average Bonchev–Trinajstić information content (AvgIpc) is 2.99. The smallest absolute Gasteiger partial charge is 0.342 e. The summed E-state index contributed by atoms with van der Waals surface area (Å²) in [5.41, 5.74) is 0.553. The Balaban J connectivity index is 1.91. The molecule has 1 N–H and O–H groups in total. The van der Waals surface area contributed by atoms with Crippen molar-refractivity contribution in [1.29, 1.82) is 0 Å². The topological polar surface area (TPSA) is 86.6 Å². The van der Waals surface area contributed by atoms with Crippen molar-refractivity contribution in [3.63, 3.8) is 0 Å². The van der Waals surface area contributed by atoms with E-state index < -0.39 is 24.4 Å². The summed E-state index contributed by atoms with van der Waals surface area (Å²) in [4.78, 5) is 35.7. The summed E-state index contributed by atoms with van der Waals surface area (Å²) >= 11 is 0. The number of rotatable bonds is 6. The molecule has 0 aliphatic rings. The first-order valence-electron chi connectivity index (χ1n) is 7.37. The van der Waals surface area contributed by atoms with Gasteiger partial charge in [-0.2, -0.15) is 0 Å². The summed E-state index contributed by atoms with van der Waals surface area (Å²) in [7, 11) is 1.68. The number of aromatic nitrogens is 1. The van der Waals surface area contributed by atoms with E-state index in [1.807, 2.05) is 0 Å². The minimum Gasteiger partial charge on any atom is -0.493 e. The molecule has 0 spiro atoms. The molecule has 126 valence electrons. The van der Waals surface area contributed by atoms with Gasteiger partial charge >= 0.3 is 5.97 Å². The van der Waals surface area contributed by atoms with E-state index in [0.29, 0.717) is 18.1 Å². The Morgan fingerprint density at radius 1 is 1.12 bits per heavy atom. The zero-order valence-electron chi connectivity index (χ0n) is 13.4. The molecule has 0 fully saturated rings. The molecule has 0 atom stereocenters. The predicted molar refractivity (Wildman–Crippen MR) is 85.8 cm³/mol. The number of carbonyl (C=O) groups excluding carboxylic acids is 3. The van der Waals surface area contributed by atoms with Crippen LogP contribution in [0.15, 0.2) is 42.6 Å². The Hall–Kier alpha value is -3.09. The van der Waals surface area contributed by atoms with Crippen molar-refractivity contribution in [1.82, 2.24) is 9.88 Å². The lowest BCUT2D eigenvalue weighted by molar-refractivity contribution is -0.123. The summed E-state index contributed by atoms with van der Waals surface area (Å²) in [5, 5.41) is 2.16. The molecule has 1 aromatic carbocycles. The van der Waals surface area contributed by atoms with Gasteiger partial charge in [0.25, 0.3) is 11.8 Å². The van der Waals surface area contributed by atoms with Gasteiger partial charge < -0.3 is 14.0 Å². The van der Waals surface area contributed by atoms with Crippen LogP contribution in [0.3, 0.4) is 0 Å². The van der Waals surface area contributed by atoms with Crippen LogP contribution in [0.25, 0.3) is 0 Å². The first kappa shape index (κ1) is 17.3. The van der Waals surface area contributed by atoms with E-state index in [2.05, 4.69) is 5.32 Å². The fourth-order valence-electron chi connectivity index (χ4n) is 2.05. The number of imide groups is 1. The molecule has 2 rings (SSSR count). The van der Waals surface area contributed by atoms with Crippen molar-refractivity contribution < 1.29 is 23.9 Å². The number of hydrogen-bond donors (Lipinski definition) is 1. The van der Waals surface area contributed by atoms with E-state index in [1.165, 1.54) is 0 Å². The largest absolute Gasteiger partial charge is 0.493 e. The Kier molecular flexibility index (Phi) is 5.73. The summed E-state index contributed by atoms with van der Waals surface area (Å²) in [6.45, 7) is 1.64. The normalized spacial score (nSPS) is 10.1. The Morgan fingerprint density at radius 2 is 1.88 bits per heavy atom. The molecule has 2 amide bonds. The summed E-state index contributed by atoms with van der Waals surface area (Å²) in [6, 6.07) is 9.83. The van der Waals surface area contributed by atoms with E-state index >= 15 is 0 Å². The molecule has 7 nitrogen and oxygen atoms in total. The van der Waals surface area contributed by atoms with Crippen LogP contribution in [-0.4, -0.2) is 35.6 Å². The second kappa shape index (κ2) is 7.96. The number of nitrogens with one attached hydrogen (secondary N) is 1. The van der Waals surface area contributed by atoms with Gasteiger partial charge in [-0.05, 0) is 31.2 Å². The molecule has 0 bridgehead atoms. The summed E-state index contributed by atoms with van der Waals surface area (Å²) < 4.78 is 11.8. The number of para-hydroxylation sites is 1. The number of carbonyl (C=O) groups is 3. The molecule has 0 radical (unpaired) electrons. The molecule has 0 aliphatic carbocycles. The zero-order chi connectivity index (χ0) is 17.5. The molecule has 1 aromatic heterocycles. The van der Waals surface area contributed by atoms with Crippen LogP contribution in [0.1, 0.15) is 27.8 Å². The number of hydrogen-bond acceptors (Lipinski definition) is 5. The maximum atomic E-state index is 12.0. The lowest BCUT2D eigenvalue weighted by atomic mass is 10.2. The van der Waals surface area contributed by atoms with Crippen LogP contribution in [0, 0.1) is 0 Å². The third-order valence-corrected chi connectivity index (χ3v) is 3.17. The van der Waals surface area contributed by atoms with Crippen LogP contribution in [0.5, 0.6) is 5.75 Å². The van der Waals surface area contributed by atoms with Crippen LogP contribution in [-0.2, 0) is 16.6 Å². The average molecular weight is 330 g/mol. The molecule has 1 heterocycles. The molecule has 7 heteroatoms. The van der Waals surface area contributed by atoms with Crippen molar-refractivity contribution in [3.8, 4) is 5.75 Å². The number of aryl methyl sites for hydroxylation is 1. The number of benzene rings is 1. The van der Waals surface area contributed by atoms with Gasteiger partial charge in [0.05, 0.1) is 6.61 Å². The van der Waals surface area contributed by atoms with Crippen molar-refractivity contribution >= 4 is 17.8 Å². The van der Waals surface area contributed by atoms with Gasteiger partial charge in [-0.1, -0.05) is 12.1 Å². The lowest BCUT2D eigenvalue weighted by Gasteiger charge is -2.10. The standard InChI is InChI=1S/C17H18N2O5/c1-3-23-14-9-5-4-7-12(14)17(22)24-11-15(20)18-16(21)13-8-6-10-19(13)2/h4-10H,3,11H2,1-2H3,(H,18,20,21). The maximum Gasteiger partial charge on any atom is 0.342 e. The lowest BCUT2D eigenvalue weighted by Crippen LogP contribution is -2.35. The van der Waals surface area contributed by atoms with Gasteiger partial charge in [-0.25, -0.2) is 4.79 Å². The van der Waals surface area contributed by atoms with E-state index in [9.17, 15) is 14.4 Å². The number of amides is 2. The highest BCUT2D eigenvalue weighted by Gasteiger charge is 2.17. The van der Waals surface area contributed by atoms with Gasteiger partial charge in [-0.15, -0.1) is 0 Å². The van der Waals surface area contributed by atoms with Crippen molar-refractivity contribution in [2.24, 2.45) is 7.05 Å². The van der Waals surface area contributed by atoms with Crippen LogP contribution < -0.4 is 10.1 Å². The number of ether oxygens (including phenoxy) is 2. The Labute approximate surface area is 139 Å². The minimum atomic E-state index is -0.705. The van der Waals surface area contributed by atoms with E-state index in [4.69, 9.17) is 9.47 Å². The highest BCUT2D eigenvalue weighted by Crippen LogP contribution is 2.18. The summed E-state index contributed by atoms with van der Waals surface area (Å²) in [5.74, 6) is -1.58. The zero-order valence-corrected chi connectivity index (χ0v) is 13.4. The van der Waals surface area contributed by atoms with Crippen LogP contribution >= 0.6 is 0 Å². The predicted octanol–water partition coefficient (Wildman–Crippen LogP) is 1.54. The van der Waals surface area contributed by atoms with Crippen molar-refractivity contribution in [3.05, 3.63) is 53.9 Å². The number of nitrogens with zero attached hydrogens (tertiary/aromatic N) is 1. The van der Waals surface area contributed by atoms with Crippen molar-refractivity contribution in [2.45, 2.75) is 6.92 Å². The molecular weight excluding hydrogens is 312 g/mol. The molecule has 0 saturated carbocycles. The Bertz CT molecular complexity index is 751. The van der Waals surface area contributed by atoms with Crippen LogP contribution in [0.2, 0.25) is 0 Å². The monoisotopic (exact) mass is 330 g/mol. The fraction of sp³-hybridized carbons (Fsp3) is 0.235. The Morgan fingerprint density at radius 3 is 2.54 bits per heavy atom. The minimum absolute atomic E-state index is 0.223. The second-order valence-electron chi connectivity index (χ2n) is 4.89. The summed E-state index contributed by atoms with van der Waals surface area (Å²) in [6.07, 6.45) is 1.68. The molecule has 2 aromatic rings. The second-order valence-corrected chi connectivity index (χ2v) is 4.89. The van der Waals surface area contributed by atoms with Gasteiger partial charge in [0.2, 0.25) is 0 Å². The van der Waals surface area contributed by atoms with E-state index in [0.717, 1.165) is 0 Å². The third kappa shape index (κ3) is 4.22. The highest BCUT2D eigenvalue weighted by atomic mass is 16.5.